The van der Waals surface area contributed by atoms with Gasteiger partial charge in [-0.25, -0.2) is 4.39 Å². The largest absolute Gasteiger partial charge is 0.491 e. The number of halogens is 1. The topological polar surface area (TPSA) is 72.8 Å². The maximum absolute atomic E-state index is 12.7. The van der Waals surface area contributed by atoms with Crippen LogP contribution in [-0.4, -0.2) is 45.1 Å². The molecule has 2 aromatic rings. The Balaban J connectivity index is 0.000000420. The standard InChI is InChI=1S/C10H13FO2.C6H4O2S.CH4O/c1-8-3-4-9(11)7-10(8)13-6-5-12-2;7-3-5-1-2-9-6(5)4-8;1-2/h3-4,7H,5-6H2,1-2H3;1-4H;2H,1H3. The van der Waals surface area contributed by atoms with E-state index in [0.717, 1.165) is 12.7 Å². The van der Waals surface area contributed by atoms with E-state index in [1.165, 1.54) is 23.5 Å². The second-order valence-corrected chi connectivity index (χ2v) is 5.17. The molecule has 24 heavy (non-hydrogen) atoms. The third kappa shape index (κ3) is 7.96. The molecule has 0 saturated carbocycles. The average molecular weight is 356 g/mol. The van der Waals surface area contributed by atoms with Gasteiger partial charge < -0.3 is 14.6 Å². The molecular weight excluding hydrogens is 335 g/mol. The molecule has 0 atom stereocenters. The molecule has 0 spiro atoms. The van der Waals surface area contributed by atoms with Crippen molar-refractivity contribution in [3.63, 3.8) is 0 Å². The van der Waals surface area contributed by atoms with Crippen LogP contribution in [0.1, 0.15) is 25.6 Å². The highest BCUT2D eigenvalue weighted by Crippen LogP contribution is 2.18. The van der Waals surface area contributed by atoms with Gasteiger partial charge in [0.2, 0.25) is 0 Å². The summed E-state index contributed by atoms with van der Waals surface area (Å²) < 4.78 is 22.9. The smallest absolute Gasteiger partial charge is 0.160 e. The first-order valence-corrected chi connectivity index (χ1v) is 7.80. The molecule has 0 aliphatic rings. The lowest BCUT2D eigenvalue weighted by Crippen LogP contribution is -2.05. The molecule has 0 saturated heterocycles. The fourth-order valence-corrected chi connectivity index (χ4v) is 2.16. The molecule has 2 rings (SSSR count). The van der Waals surface area contributed by atoms with Crippen LogP contribution >= 0.6 is 11.3 Å². The molecule has 0 aliphatic heterocycles. The number of carbonyl (C=O) groups excluding carboxylic acids is 2. The predicted molar refractivity (Wildman–Crippen MR) is 91.7 cm³/mol. The van der Waals surface area contributed by atoms with E-state index in [-0.39, 0.29) is 5.82 Å². The van der Waals surface area contributed by atoms with E-state index in [0.29, 0.717) is 42.0 Å². The Labute approximate surface area is 144 Å². The zero-order chi connectivity index (χ0) is 18.4. The Morgan fingerprint density at radius 3 is 2.42 bits per heavy atom. The van der Waals surface area contributed by atoms with Gasteiger partial charge in [0.15, 0.2) is 12.6 Å². The summed E-state index contributed by atoms with van der Waals surface area (Å²) in [5, 5.41) is 8.72. The second-order valence-electron chi connectivity index (χ2n) is 4.23. The van der Waals surface area contributed by atoms with E-state index in [1.807, 2.05) is 6.92 Å². The summed E-state index contributed by atoms with van der Waals surface area (Å²) in [6.07, 6.45) is 1.37. The Bertz CT molecular complexity index is 590. The molecule has 1 heterocycles. The van der Waals surface area contributed by atoms with Gasteiger partial charge in [-0.05, 0) is 30.0 Å². The van der Waals surface area contributed by atoms with Crippen LogP contribution in [0.2, 0.25) is 0 Å². The number of aliphatic hydroxyl groups excluding tert-OH is 1. The summed E-state index contributed by atoms with van der Waals surface area (Å²) in [5.74, 6) is 0.301. The minimum Gasteiger partial charge on any atom is -0.491 e. The number of aldehydes is 2. The van der Waals surface area contributed by atoms with Crippen LogP contribution in [-0.2, 0) is 4.74 Å². The summed E-state index contributed by atoms with van der Waals surface area (Å²) in [4.78, 5) is 20.7. The molecule has 0 radical (unpaired) electrons. The molecule has 1 aromatic carbocycles. The van der Waals surface area contributed by atoms with Crippen LogP contribution in [0.4, 0.5) is 4.39 Å². The molecule has 1 N–H and O–H groups in total. The zero-order valence-corrected chi connectivity index (χ0v) is 14.6. The van der Waals surface area contributed by atoms with E-state index in [2.05, 4.69) is 0 Å². The summed E-state index contributed by atoms with van der Waals surface area (Å²) in [7, 11) is 2.60. The lowest BCUT2D eigenvalue weighted by atomic mass is 10.2. The number of carbonyl (C=O) groups is 2. The van der Waals surface area contributed by atoms with Crippen molar-refractivity contribution in [3.05, 3.63) is 51.5 Å². The fourth-order valence-electron chi connectivity index (χ4n) is 1.49. The average Bonchev–Trinajstić information content (AvgIpc) is 3.08. The molecule has 1 aromatic heterocycles. The Hall–Kier alpha value is -2.09. The summed E-state index contributed by atoms with van der Waals surface area (Å²) in [6, 6.07) is 6.11. The molecule has 0 unspecified atom stereocenters. The van der Waals surface area contributed by atoms with Gasteiger partial charge in [0.05, 0.1) is 11.5 Å². The first-order valence-electron chi connectivity index (χ1n) is 6.92. The van der Waals surface area contributed by atoms with Crippen molar-refractivity contribution >= 4 is 23.9 Å². The maximum Gasteiger partial charge on any atom is 0.160 e. The lowest BCUT2D eigenvalue weighted by Gasteiger charge is -2.07. The minimum atomic E-state index is -0.280. The van der Waals surface area contributed by atoms with Crippen LogP contribution < -0.4 is 4.74 Å². The van der Waals surface area contributed by atoms with Gasteiger partial charge in [0, 0.05) is 25.8 Å². The third-order valence-electron chi connectivity index (χ3n) is 2.66. The molecule has 0 fully saturated rings. The van der Waals surface area contributed by atoms with E-state index < -0.39 is 0 Å². The van der Waals surface area contributed by atoms with Crippen LogP contribution in [0.5, 0.6) is 5.75 Å². The van der Waals surface area contributed by atoms with Crippen LogP contribution in [0, 0.1) is 12.7 Å². The van der Waals surface area contributed by atoms with Crippen LogP contribution in [0.3, 0.4) is 0 Å². The SMILES string of the molecule is CO.COCCOc1cc(F)ccc1C.O=Cc1ccsc1C=O. The number of ether oxygens (including phenoxy) is 2. The van der Waals surface area contributed by atoms with Gasteiger partial charge in [-0.1, -0.05) is 6.07 Å². The van der Waals surface area contributed by atoms with E-state index in [4.69, 9.17) is 14.6 Å². The summed E-state index contributed by atoms with van der Waals surface area (Å²) >= 11 is 1.27. The molecule has 5 nitrogen and oxygen atoms in total. The highest BCUT2D eigenvalue weighted by molar-refractivity contribution is 7.12. The quantitative estimate of drug-likeness (QED) is 0.636. The molecule has 0 bridgehead atoms. The van der Waals surface area contributed by atoms with E-state index in [1.54, 1.807) is 24.6 Å². The van der Waals surface area contributed by atoms with E-state index >= 15 is 0 Å². The van der Waals surface area contributed by atoms with Crippen LogP contribution in [0.25, 0.3) is 0 Å². The summed E-state index contributed by atoms with van der Waals surface area (Å²) in [6.45, 7) is 2.83. The number of rotatable bonds is 6. The predicted octanol–water partition coefficient (Wildman–Crippen LogP) is 3.14. The first-order chi connectivity index (χ1) is 11.6. The highest BCUT2D eigenvalue weighted by Gasteiger charge is 2.00. The van der Waals surface area contributed by atoms with Crippen molar-refractivity contribution in [2.75, 3.05) is 27.4 Å². The monoisotopic (exact) mass is 356 g/mol. The second kappa shape index (κ2) is 13.4. The van der Waals surface area contributed by atoms with Gasteiger partial charge >= 0.3 is 0 Å². The Morgan fingerprint density at radius 2 is 1.88 bits per heavy atom. The fraction of sp³-hybridized carbons (Fsp3) is 0.294. The van der Waals surface area contributed by atoms with Crippen molar-refractivity contribution in [2.24, 2.45) is 0 Å². The number of hydrogen-bond donors (Lipinski definition) is 1. The highest BCUT2D eigenvalue weighted by atomic mass is 32.1. The van der Waals surface area contributed by atoms with Gasteiger partial charge in [-0.2, -0.15) is 0 Å². The van der Waals surface area contributed by atoms with Crippen molar-refractivity contribution in [3.8, 4) is 5.75 Å². The van der Waals surface area contributed by atoms with Gasteiger partial charge in [0.25, 0.3) is 0 Å². The number of aliphatic hydroxyl groups is 1. The third-order valence-corrected chi connectivity index (χ3v) is 3.51. The van der Waals surface area contributed by atoms with Gasteiger partial charge in [0.1, 0.15) is 18.2 Å². The van der Waals surface area contributed by atoms with Crippen molar-refractivity contribution < 1.29 is 28.6 Å². The molecular formula is C17H21FO5S. The minimum absolute atomic E-state index is 0.280. The number of benzene rings is 1. The molecule has 7 heteroatoms. The first kappa shape index (κ1) is 21.9. The number of aryl methyl sites for hydroxylation is 1. The zero-order valence-electron chi connectivity index (χ0n) is 13.8. The van der Waals surface area contributed by atoms with Crippen molar-refractivity contribution in [1.29, 1.82) is 0 Å². The molecule has 0 aliphatic carbocycles. The Morgan fingerprint density at radius 1 is 1.17 bits per heavy atom. The Kier molecular flexibility index (Phi) is 12.2. The summed E-state index contributed by atoms with van der Waals surface area (Å²) in [5.41, 5.74) is 1.41. The molecule has 0 amide bonds. The number of methoxy groups -OCH3 is 1. The number of hydrogen-bond acceptors (Lipinski definition) is 6. The number of thiophene rings is 1. The van der Waals surface area contributed by atoms with E-state index in [9.17, 15) is 14.0 Å². The van der Waals surface area contributed by atoms with Crippen molar-refractivity contribution in [2.45, 2.75) is 6.92 Å². The molecule has 132 valence electrons. The van der Waals surface area contributed by atoms with Gasteiger partial charge in [-0.3, -0.25) is 9.59 Å². The normalized spacial score (nSPS) is 9.04. The van der Waals surface area contributed by atoms with Gasteiger partial charge in [-0.15, -0.1) is 11.3 Å². The lowest BCUT2D eigenvalue weighted by molar-refractivity contribution is 0.109. The maximum atomic E-state index is 12.7. The van der Waals surface area contributed by atoms with Crippen molar-refractivity contribution in [1.82, 2.24) is 0 Å². The van der Waals surface area contributed by atoms with Crippen LogP contribution in [0.15, 0.2) is 29.6 Å².